The maximum absolute atomic E-state index is 12.4. The summed E-state index contributed by atoms with van der Waals surface area (Å²) in [6.45, 7) is 1.70. The third kappa shape index (κ3) is 1.75. The zero-order chi connectivity index (χ0) is 9.14. The quantitative estimate of drug-likeness (QED) is 0.673. The lowest BCUT2D eigenvalue weighted by atomic mass is 10.1. The molecule has 0 aliphatic rings. The van der Waals surface area contributed by atoms with Gasteiger partial charge in [0, 0.05) is 11.3 Å². The van der Waals surface area contributed by atoms with Crippen LogP contribution in [-0.2, 0) is 6.42 Å². The van der Waals surface area contributed by atoms with E-state index < -0.39 is 12.2 Å². The number of pyridine rings is 1. The fourth-order valence-corrected chi connectivity index (χ4v) is 0.968. The minimum absolute atomic E-state index is 0.256. The molecule has 0 fully saturated rings. The predicted octanol–water partition coefficient (Wildman–Crippen LogP) is 2.72. The molecule has 0 aliphatic heterocycles. The Bertz CT molecular complexity index is 273. The number of hydrogen-bond acceptors (Lipinski definition) is 1. The molecule has 1 heterocycles. The summed E-state index contributed by atoms with van der Waals surface area (Å²) in [7, 11) is 0. The molecule has 0 aliphatic carbocycles. The molecule has 0 saturated carbocycles. The van der Waals surface area contributed by atoms with Crippen molar-refractivity contribution in [2.45, 2.75) is 19.8 Å². The molecular weight excluding hydrogens is 167 g/mol. The van der Waals surface area contributed by atoms with Crippen LogP contribution in [0.5, 0.6) is 0 Å². The molecule has 0 bridgehead atoms. The number of nitrogens with zero attached hydrogens (tertiary/aromatic N) is 1. The molecule has 0 atom stereocenters. The van der Waals surface area contributed by atoms with Gasteiger partial charge in [-0.15, -0.1) is 0 Å². The summed E-state index contributed by atoms with van der Waals surface area (Å²) < 4.78 is 36.8. The molecule has 0 radical (unpaired) electrons. The zero-order valence-electron chi connectivity index (χ0n) is 6.52. The van der Waals surface area contributed by atoms with Crippen LogP contribution in [0.1, 0.15) is 24.6 Å². The van der Waals surface area contributed by atoms with Gasteiger partial charge in [0.2, 0.25) is 0 Å². The number of aryl methyl sites for hydroxylation is 1. The Hall–Kier alpha value is -1.06. The van der Waals surface area contributed by atoms with Gasteiger partial charge in [-0.2, -0.15) is 0 Å². The van der Waals surface area contributed by atoms with Gasteiger partial charge in [-0.1, -0.05) is 6.92 Å². The van der Waals surface area contributed by atoms with Crippen LogP contribution >= 0.6 is 0 Å². The second-order valence-corrected chi connectivity index (χ2v) is 2.34. The highest BCUT2D eigenvalue weighted by Gasteiger charge is 2.13. The third-order valence-corrected chi connectivity index (χ3v) is 1.54. The Kier molecular flexibility index (Phi) is 2.68. The Labute approximate surface area is 68.2 Å². The summed E-state index contributed by atoms with van der Waals surface area (Å²) in [6, 6.07) is 0.830. The molecule has 0 amide bonds. The summed E-state index contributed by atoms with van der Waals surface area (Å²) in [4.78, 5) is 3.56. The maximum Gasteiger partial charge on any atom is 0.265 e. The highest BCUT2D eigenvalue weighted by Crippen LogP contribution is 2.22. The normalized spacial score (nSPS) is 10.8. The highest BCUT2D eigenvalue weighted by molar-refractivity contribution is 5.21. The van der Waals surface area contributed by atoms with E-state index in [1.807, 2.05) is 0 Å². The van der Waals surface area contributed by atoms with Crippen molar-refractivity contribution in [3.63, 3.8) is 0 Å². The molecule has 0 unspecified atom stereocenters. The number of aromatic nitrogens is 1. The fraction of sp³-hybridized carbons (Fsp3) is 0.375. The third-order valence-electron chi connectivity index (χ3n) is 1.54. The molecule has 12 heavy (non-hydrogen) atoms. The van der Waals surface area contributed by atoms with Gasteiger partial charge in [-0.05, 0) is 12.5 Å². The second-order valence-electron chi connectivity index (χ2n) is 2.34. The average molecular weight is 175 g/mol. The molecule has 0 aromatic carbocycles. The summed E-state index contributed by atoms with van der Waals surface area (Å²) >= 11 is 0. The zero-order valence-corrected chi connectivity index (χ0v) is 6.52. The Morgan fingerprint density at radius 3 is 2.67 bits per heavy atom. The first-order chi connectivity index (χ1) is 5.65. The van der Waals surface area contributed by atoms with E-state index in [0.717, 1.165) is 12.3 Å². The first kappa shape index (κ1) is 9.03. The van der Waals surface area contributed by atoms with E-state index in [-0.39, 0.29) is 11.3 Å². The highest BCUT2D eigenvalue weighted by atomic mass is 19.3. The largest absolute Gasteiger partial charge is 0.265 e. The molecule has 1 aromatic rings. The number of rotatable bonds is 2. The van der Waals surface area contributed by atoms with Gasteiger partial charge in [-0.25, -0.2) is 13.2 Å². The van der Waals surface area contributed by atoms with Crippen LogP contribution in [0.25, 0.3) is 0 Å². The van der Waals surface area contributed by atoms with Crippen LogP contribution in [-0.4, -0.2) is 4.98 Å². The van der Waals surface area contributed by atoms with Gasteiger partial charge in [0.1, 0.15) is 5.82 Å². The van der Waals surface area contributed by atoms with Crippen LogP contribution in [0.2, 0.25) is 0 Å². The second kappa shape index (κ2) is 3.56. The maximum atomic E-state index is 12.4. The summed E-state index contributed by atoms with van der Waals surface area (Å²) in [5.74, 6) is -0.720. The number of halogens is 3. The Morgan fingerprint density at radius 1 is 1.50 bits per heavy atom. The summed E-state index contributed by atoms with van der Waals surface area (Å²) in [5.41, 5.74) is -0.0519. The first-order valence-electron chi connectivity index (χ1n) is 3.57. The predicted molar refractivity (Wildman–Crippen MR) is 38.5 cm³/mol. The molecule has 1 nitrogen and oxygen atoms in total. The van der Waals surface area contributed by atoms with Gasteiger partial charge < -0.3 is 0 Å². The van der Waals surface area contributed by atoms with E-state index >= 15 is 0 Å². The standard InChI is InChI=1S/C8H8F3N/c1-2-7-6(8(10)11)3-5(9)4-12-7/h3-4,8H,2H2,1H3. The molecule has 0 N–H and O–H groups in total. The van der Waals surface area contributed by atoms with Crippen molar-refractivity contribution in [3.8, 4) is 0 Å². The Morgan fingerprint density at radius 2 is 2.17 bits per heavy atom. The monoisotopic (exact) mass is 175 g/mol. The minimum Gasteiger partial charge on any atom is -0.258 e. The van der Waals surface area contributed by atoms with Crippen molar-refractivity contribution in [2.75, 3.05) is 0 Å². The fourth-order valence-electron chi connectivity index (χ4n) is 0.968. The molecule has 0 spiro atoms. The lowest BCUT2D eigenvalue weighted by Crippen LogP contribution is -1.97. The van der Waals surface area contributed by atoms with Gasteiger partial charge in [0.15, 0.2) is 0 Å². The van der Waals surface area contributed by atoms with Crippen molar-refractivity contribution in [2.24, 2.45) is 0 Å². The lowest BCUT2D eigenvalue weighted by Gasteiger charge is -2.04. The van der Waals surface area contributed by atoms with E-state index in [0.29, 0.717) is 6.42 Å². The number of hydrogen-bond donors (Lipinski definition) is 0. The molecule has 1 aromatic heterocycles. The van der Waals surface area contributed by atoms with Crippen molar-refractivity contribution in [3.05, 3.63) is 29.3 Å². The van der Waals surface area contributed by atoms with Crippen LogP contribution in [0, 0.1) is 5.82 Å². The van der Waals surface area contributed by atoms with E-state index in [9.17, 15) is 13.2 Å². The van der Waals surface area contributed by atoms with Crippen LogP contribution in [0.15, 0.2) is 12.3 Å². The van der Waals surface area contributed by atoms with Crippen molar-refractivity contribution in [1.82, 2.24) is 4.98 Å². The van der Waals surface area contributed by atoms with Gasteiger partial charge in [0.05, 0.1) is 6.20 Å². The van der Waals surface area contributed by atoms with E-state index in [4.69, 9.17) is 0 Å². The van der Waals surface area contributed by atoms with E-state index in [1.165, 1.54) is 0 Å². The molecule has 0 saturated heterocycles. The Balaban J connectivity index is 3.12. The minimum atomic E-state index is -2.65. The van der Waals surface area contributed by atoms with Crippen LogP contribution < -0.4 is 0 Å². The molecule has 1 rings (SSSR count). The summed E-state index contributed by atoms with van der Waals surface area (Å²) in [6.07, 6.45) is -1.31. The van der Waals surface area contributed by atoms with Gasteiger partial charge in [-0.3, -0.25) is 4.98 Å². The smallest absolute Gasteiger partial charge is 0.258 e. The SMILES string of the molecule is CCc1ncc(F)cc1C(F)F. The lowest BCUT2D eigenvalue weighted by molar-refractivity contribution is 0.149. The average Bonchev–Trinajstić information content (AvgIpc) is 2.04. The van der Waals surface area contributed by atoms with Crippen molar-refractivity contribution in [1.29, 1.82) is 0 Å². The summed E-state index contributed by atoms with van der Waals surface area (Å²) in [5, 5.41) is 0. The van der Waals surface area contributed by atoms with E-state index in [1.54, 1.807) is 6.92 Å². The first-order valence-corrected chi connectivity index (χ1v) is 3.57. The van der Waals surface area contributed by atoms with E-state index in [2.05, 4.69) is 4.98 Å². The van der Waals surface area contributed by atoms with Crippen LogP contribution in [0.4, 0.5) is 13.2 Å². The molecule has 66 valence electrons. The topological polar surface area (TPSA) is 12.9 Å². The van der Waals surface area contributed by atoms with Crippen molar-refractivity contribution >= 4 is 0 Å². The van der Waals surface area contributed by atoms with Crippen molar-refractivity contribution < 1.29 is 13.2 Å². The number of alkyl halides is 2. The molecule has 4 heteroatoms. The van der Waals surface area contributed by atoms with Gasteiger partial charge in [0.25, 0.3) is 6.43 Å². The molecular formula is C8H8F3N. The van der Waals surface area contributed by atoms with Gasteiger partial charge >= 0.3 is 0 Å². The van der Waals surface area contributed by atoms with Crippen LogP contribution in [0.3, 0.4) is 0 Å².